The standard InChI is InChI=1S/C31H34O3/c1-22-15-28(19-26-7-3-4-8-29(22)26)30(32)12-10-23-16-25-11-9-24(18-27(25)17-23)20-34-21-31(33)13-5-2-6-14-31/h3-4,7-9,11,15-19,27,29,33H,1-2,5-6,10,12-14,20-21H2. The first kappa shape index (κ1) is 23.0. The molecule has 2 atom stereocenters. The second-order valence-corrected chi connectivity index (χ2v) is 10.2. The molecule has 1 fully saturated rings. The van der Waals surface area contributed by atoms with Gasteiger partial charge in [0.2, 0.25) is 0 Å². The summed E-state index contributed by atoms with van der Waals surface area (Å²) in [6.07, 6.45) is 29.5. The zero-order valence-corrected chi connectivity index (χ0v) is 19.8. The molecule has 0 aromatic heterocycles. The fourth-order valence-corrected chi connectivity index (χ4v) is 5.55. The van der Waals surface area contributed by atoms with Crippen LogP contribution in [0.4, 0.5) is 0 Å². The molecule has 0 radical (unpaired) electrons. The highest BCUT2D eigenvalue weighted by molar-refractivity contribution is 5.99. The predicted molar refractivity (Wildman–Crippen MR) is 137 cm³/mol. The number of allylic oxidation sites excluding steroid dienone is 15. The van der Waals surface area contributed by atoms with Crippen LogP contribution in [0.5, 0.6) is 0 Å². The molecule has 2 unspecified atom stereocenters. The van der Waals surface area contributed by atoms with Gasteiger partial charge in [-0.05, 0) is 53.7 Å². The van der Waals surface area contributed by atoms with E-state index < -0.39 is 5.60 Å². The van der Waals surface area contributed by atoms with E-state index in [0.29, 0.717) is 19.6 Å². The Morgan fingerprint density at radius 2 is 1.82 bits per heavy atom. The van der Waals surface area contributed by atoms with Gasteiger partial charge in [-0.1, -0.05) is 86.1 Å². The lowest BCUT2D eigenvalue weighted by atomic mass is 9.81. The number of ketones is 1. The van der Waals surface area contributed by atoms with Crippen molar-refractivity contribution in [2.75, 3.05) is 13.2 Å². The molecule has 3 nitrogen and oxygen atoms in total. The lowest BCUT2D eigenvalue weighted by molar-refractivity contribution is -0.115. The topological polar surface area (TPSA) is 46.5 Å². The molecule has 0 aliphatic heterocycles. The summed E-state index contributed by atoms with van der Waals surface area (Å²) in [7, 11) is 0. The zero-order valence-electron chi connectivity index (χ0n) is 19.8. The average Bonchev–Trinajstić information content (AvgIpc) is 3.25. The molecule has 0 spiro atoms. The summed E-state index contributed by atoms with van der Waals surface area (Å²) in [6, 6.07) is 0. The Morgan fingerprint density at radius 3 is 2.68 bits per heavy atom. The minimum Gasteiger partial charge on any atom is -0.387 e. The highest BCUT2D eigenvalue weighted by Gasteiger charge is 2.29. The van der Waals surface area contributed by atoms with Gasteiger partial charge in [-0.15, -0.1) is 0 Å². The Kier molecular flexibility index (Phi) is 6.67. The molecule has 0 amide bonds. The number of carbonyl (C=O) groups is 1. The van der Waals surface area contributed by atoms with Gasteiger partial charge in [0.25, 0.3) is 0 Å². The molecule has 5 aliphatic rings. The normalized spacial score (nSPS) is 26.7. The summed E-state index contributed by atoms with van der Waals surface area (Å²) in [5.74, 6) is 0.626. The summed E-state index contributed by atoms with van der Waals surface area (Å²) in [6.45, 7) is 5.11. The molecule has 1 N–H and O–H groups in total. The molecular weight excluding hydrogens is 420 g/mol. The summed E-state index contributed by atoms with van der Waals surface area (Å²) < 4.78 is 5.90. The van der Waals surface area contributed by atoms with Crippen molar-refractivity contribution in [3.63, 3.8) is 0 Å². The Labute approximate surface area is 203 Å². The maximum atomic E-state index is 12.9. The Balaban J connectivity index is 1.14. The summed E-state index contributed by atoms with van der Waals surface area (Å²) in [5, 5.41) is 10.6. The first-order valence-corrected chi connectivity index (χ1v) is 12.6. The van der Waals surface area contributed by atoms with E-state index in [1.165, 1.54) is 17.6 Å². The van der Waals surface area contributed by atoms with Crippen LogP contribution in [0.15, 0.2) is 107 Å². The van der Waals surface area contributed by atoms with Crippen LogP contribution in [0.2, 0.25) is 0 Å². The van der Waals surface area contributed by atoms with Gasteiger partial charge in [-0.2, -0.15) is 0 Å². The van der Waals surface area contributed by atoms with Crippen molar-refractivity contribution in [3.8, 4) is 0 Å². The summed E-state index contributed by atoms with van der Waals surface area (Å²) in [4.78, 5) is 12.9. The third-order valence-corrected chi connectivity index (χ3v) is 7.53. The molecule has 1 saturated carbocycles. The van der Waals surface area contributed by atoms with E-state index in [-0.39, 0.29) is 17.6 Å². The number of hydrogen-bond donors (Lipinski definition) is 1. The Morgan fingerprint density at radius 1 is 1.00 bits per heavy atom. The number of carbonyl (C=O) groups excluding carboxylic acids is 1. The lowest BCUT2D eigenvalue weighted by Gasteiger charge is -2.31. The van der Waals surface area contributed by atoms with E-state index in [4.69, 9.17) is 4.74 Å². The largest absolute Gasteiger partial charge is 0.387 e. The highest BCUT2D eigenvalue weighted by atomic mass is 16.5. The first-order valence-electron chi connectivity index (χ1n) is 12.6. The van der Waals surface area contributed by atoms with Crippen LogP contribution in [-0.4, -0.2) is 29.7 Å². The molecule has 0 bridgehead atoms. The fraction of sp³-hybridized carbons (Fsp3) is 0.387. The van der Waals surface area contributed by atoms with Crippen LogP contribution in [0, 0.1) is 11.8 Å². The molecule has 0 aromatic carbocycles. The van der Waals surface area contributed by atoms with E-state index in [2.05, 4.69) is 49.1 Å². The number of aliphatic hydroxyl groups is 1. The van der Waals surface area contributed by atoms with Gasteiger partial charge in [0.1, 0.15) is 0 Å². The molecule has 5 rings (SSSR count). The Hall–Kier alpha value is -2.75. The van der Waals surface area contributed by atoms with E-state index >= 15 is 0 Å². The van der Waals surface area contributed by atoms with Gasteiger partial charge in [0.15, 0.2) is 5.78 Å². The van der Waals surface area contributed by atoms with E-state index in [9.17, 15) is 9.90 Å². The lowest BCUT2D eigenvalue weighted by Crippen LogP contribution is -2.36. The molecule has 0 aromatic rings. The Bertz CT molecular complexity index is 1110. The second-order valence-electron chi connectivity index (χ2n) is 10.2. The van der Waals surface area contributed by atoms with Gasteiger partial charge in [0.05, 0.1) is 18.8 Å². The van der Waals surface area contributed by atoms with Crippen molar-refractivity contribution in [3.05, 3.63) is 107 Å². The van der Waals surface area contributed by atoms with Crippen LogP contribution < -0.4 is 0 Å². The van der Waals surface area contributed by atoms with E-state index in [1.54, 1.807) is 0 Å². The average molecular weight is 455 g/mol. The second kappa shape index (κ2) is 9.85. The number of rotatable bonds is 8. The van der Waals surface area contributed by atoms with Crippen molar-refractivity contribution in [1.82, 2.24) is 0 Å². The number of hydrogen-bond acceptors (Lipinski definition) is 3. The van der Waals surface area contributed by atoms with Crippen LogP contribution in [0.3, 0.4) is 0 Å². The summed E-state index contributed by atoms with van der Waals surface area (Å²) >= 11 is 0. The quantitative estimate of drug-likeness (QED) is 0.476. The van der Waals surface area contributed by atoms with Crippen molar-refractivity contribution < 1.29 is 14.6 Å². The van der Waals surface area contributed by atoms with Crippen LogP contribution >= 0.6 is 0 Å². The number of fused-ring (bicyclic) bond motifs is 2. The zero-order chi connectivity index (χ0) is 23.5. The van der Waals surface area contributed by atoms with Crippen molar-refractivity contribution in [2.24, 2.45) is 11.8 Å². The molecule has 34 heavy (non-hydrogen) atoms. The smallest absolute Gasteiger partial charge is 0.163 e. The monoisotopic (exact) mass is 454 g/mol. The van der Waals surface area contributed by atoms with Gasteiger partial charge in [-0.25, -0.2) is 0 Å². The molecule has 5 aliphatic carbocycles. The first-order chi connectivity index (χ1) is 16.5. The van der Waals surface area contributed by atoms with Gasteiger partial charge in [0, 0.05) is 23.8 Å². The third-order valence-electron chi connectivity index (χ3n) is 7.53. The number of Topliss-reactive ketones (excluding diaryl/α,β-unsaturated/α-hetero) is 1. The van der Waals surface area contributed by atoms with Crippen LogP contribution in [0.1, 0.15) is 44.9 Å². The predicted octanol–water partition coefficient (Wildman–Crippen LogP) is 6.19. The highest BCUT2D eigenvalue weighted by Crippen LogP contribution is 2.35. The molecule has 0 heterocycles. The van der Waals surface area contributed by atoms with Crippen LogP contribution in [-0.2, 0) is 9.53 Å². The molecule has 0 saturated heterocycles. The maximum absolute atomic E-state index is 12.9. The van der Waals surface area contributed by atoms with Crippen molar-refractivity contribution in [1.29, 1.82) is 0 Å². The summed E-state index contributed by atoms with van der Waals surface area (Å²) in [5.41, 5.74) is 5.88. The SMILES string of the molecule is C=C1C=C(C(=O)CCC2=CC3C=C(COCC4(O)CCCCC4)C=CC3=C2)C=C2C=CC=CC12. The van der Waals surface area contributed by atoms with Gasteiger partial charge < -0.3 is 9.84 Å². The van der Waals surface area contributed by atoms with E-state index in [0.717, 1.165) is 54.4 Å². The van der Waals surface area contributed by atoms with Crippen LogP contribution in [0.25, 0.3) is 0 Å². The fourth-order valence-electron chi connectivity index (χ4n) is 5.55. The van der Waals surface area contributed by atoms with Gasteiger partial charge >= 0.3 is 0 Å². The third kappa shape index (κ3) is 5.16. The maximum Gasteiger partial charge on any atom is 0.163 e. The van der Waals surface area contributed by atoms with Crippen molar-refractivity contribution in [2.45, 2.75) is 50.5 Å². The molecular formula is C31H34O3. The minimum absolute atomic E-state index is 0.171. The van der Waals surface area contributed by atoms with Crippen molar-refractivity contribution >= 4 is 5.78 Å². The minimum atomic E-state index is -0.643. The molecule has 3 heteroatoms. The number of ether oxygens (including phenoxy) is 1. The van der Waals surface area contributed by atoms with Gasteiger partial charge in [-0.3, -0.25) is 4.79 Å². The van der Waals surface area contributed by atoms with E-state index in [1.807, 2.05) is 24.3 Å². The molecule has 176 valence electrons.